The van der Waals surface area contributed by atoms with Crippen molar-refractivity contribution >= 4 is 27.8 Å². The fourth-order valence-electron chi connectivity index (χ4n) is 2.19. The third-order valence-electron chi connectivity index (χ3n) is 3.42. The number of hydrogen-bond donors (Lipinski definition) is 2. The number of phenols is 1. The van der Waals surface area contributed by atoms with Crippen LogP contribution in [0.25, 0.3) is 5.69 Å². The van der Waals surface area contributed by atoms with Crippen molar-refractivity contribution in [1.82, 2.24) is 9.78 Å². The van der Waals surface area contributed by atoms with Gasteiger partial charge in [-0.2, -0.15) is 0 Å². The number of nitrogens with zero attached hydrogens (tertiary/aromatic N) is 2. The second-order valence-corrected chi connectivity index (χ2v) is 5.93. The van der Waals surface area contributed by atoms with Gasteiger partial charge in [0.15, 0.2) is 0 Å². The number of hydrogen-bond acceptors (Lipinski definition) is 3. The predicted molar refractivity (Wildman–Crippen MR) is 94.2 cm³/mol. The molecule has 0 spiro atoms. The van der Waals surface area contributed by atoms with E-state index in [4.69, 9.17) is 0 Å². The fourth-order valence-corrected chi connectivity index (χ4v) is 2.46. The first-order valence-electron chi connectivity index (χ1n) is 6.96. The molecule has 0 unspecified atom stereocenters. The van der Waals surface area contributed by atoms with Crippen LogP contribution in [0.5, 0.6) is 5.75 Å². The zero-order valence-corrected chi connectivity index (χ0v) is 13.9. The number of aromatic nitrogens is 2. The van der Waals surface area contributed by atoms with Gasteiger partial charge in [-0.05, 0) is 43.3 Å². The third kappa shape index (κ3) is 3.12. The fraction of sp³-hybridized carbons (Fsp3) is 0.0588. The van der Waals surface area contributed by atoms with Gasteiger partial charge in [0.2, 0.25) is 0 Å². The molecule has 0 amide bonds. The van der Waals surface area contributed by atoms with E-state index in [0.717, 1.165) is 10.2 Å². The monoisotopic (exact) mass is 371 g/mol. The molecule has 0 saturated heterocycles. The second-order valence-electron chi connectivity index (χ2n) is 5.01. The number of nitrogens with one attached hydrogen (secondary N) is 1. The van der Waals surface area contributed by atoms with E-state index < -0.39 is 0 Å². The number of aryl methyl sites for hydroxylation is 1. The lowest BCUT2D eigenvalue weighted by Crippen LogP contribution is -2.17. The topological polar surface area (TPSA) is 70.4 Å². The molecule has 0 aliphatic rings. The van der Waals surface area contributed by atoms with E-state index in [2.05, 4.69) is 26.0 Å². The van der Waals surface area contributed by atoms with Gasteiger partial charge in [-0.1, -0.05) is 28.1 Å². The van der Waals surface area contributed by atoms with Gasteiger partial charge in [-0.25, -0.2) is 4.68 Å². The Balaban J connectivity index is 2.00. The number of rotatable bonds is 3. The van der Waals surface area contributed by atoms with Crippen LogP contribution in [0.2, 0.25) is 0 Å². The molecule has 0 radical (unpaired) electrons. The van der Waals surface area contributed by atoms with E-state index in [9.17, 15) is 9.90 Å². The largest absolute Gasteiger partial charge is 0.506 e. The van der Waals surface area contributed by atoms with Crippen LogP contribution >= 0.6 is 15.9 Å². The summed E-state index contributed by atoms with van der Waals surface area (Å²) in [6.45, 7) is 1.81. The Morgan fingerprint density at radius 1 is 1.17 bits per heavy atom. The number of aliphatic imine (C=N–C) groups is 1. The summed E-state index contributed by atoms with van der Waals surface area (Å²) < 4.78 is 2.41. The van der Waals surface area contributed by atoms with Crippen molar-refractivity contribution in [3.8, 4) is 11.4 Å². The first-order valence-corrected chi connectivity index (χ1v) is 7.75. The molecule has 0 bridgehead atoms. The van der Waals surface area contributed by atoms with Gasteiger partial charge in [0.25, 0.3) is 5.56 Å². The van der Waals surface area contributed by atoms with Gasteiger partial charge >= 0.3 is 0 Å². The van der Waals surface area contributed by atoms with Crippen molar-refractivity contribution in [3.63, 3.8) is 0 Å². The molecule has 1 aromatic heterocycles. The summed E-state index contributed by atoms with van der Waals surface area (Å²) in [4.78, 5) is 16.8. The zero-order valence-electron chi connectivity index (χ0n) is 12.3. The molecule has 5 nitrogen and oxygen atoms in total. The van der Waals surface area contributed by atoms with Crippen LogP contribution in [-0.4, -0.2) is 21.1 Å². The van der Waals surface area contributed by atoms with Crippen LogP contribution in [0.3, 0.4) is 0 Å². The summed E-state index contributed by atoms with van der Waals surface area (Å²) in [5, 5.41) is 12.8. The lowest BCUT2D eigenvalue weighted by Gasteiger charge is -2.00. The SMILES string of the molecule is Cc1[nH]n(-c2ccc(Br)cc2)c(=O)c1C=Nc1ccccc1O. The number of benzene rings is 2. The molecule has 3 aromatic rings. The molecular weight excluding hydrogens is 358 g/mol. The van der Waals surface area contributed by atoms with Gasteiger partial charge in [0.05, 0.1) is 11.3 Å². The number of H-pyrrole nitrogens is 1. The van der Waals surface area contributed by atoms with Crippen LogP contribution in [0, 0.1) is 6.92 Å². The highest BCUT2D eigenvalue weighted by Gasteiger charge is 2.10. The summed E-state index contributed by atoms with van der Waals surface area (Å²) in [6.07, 6.45) is 1.47. The Morgan fingerprint density at radius 3 is 2.57 bits per heavy atom. The summed E-state index contributed by atoms with van der Waals surface area (Å²) in [6, 6.07) is 14.1. The number of aromatic amines is 1. The first-order chi connectivity index (χ1) is 11.1. The van der Waals surface area contributed by atoms with E-state index in [0.29, 0.717) is 16.9 Å². The third-order valence-corrected chi connectivity index (χ3v) is 3.94. The Kier molecular flexibility index (Phi) is 4.16. The Hall–Kier alpha value is -2.60. The molecular formula is C17H14BrN3O2. The molecule has 0 fully saturated rings. The molecule has 0 aliphatic carbocycles. The number of para-hydroxylation sites is 2. The van der Waals surface area contributed by atoms with Crippen LogP contribution in [0.4, 0.5) is 5.69 Å². The number of phenolic OH excluding ortho intramolecular Hbond substituents is 1. The maximum atomic E-state index is 12.5. The second kappa shape index (κ2) is 6.26. The molecule has 1 heterocycles. The predicted octanol–water partition coefficient (Wildman–Crippen LogP) is 3.69. The average molecular weight is 372 g/mol. The van der Waals surface area contributed by atoms with Crippen LogP contribution in [0.15, 0.2) is 62.8 Å². The number of aromatic hydroxyl groups is 1. The lowest BCUT2D eigenvalue weighted by atomic mass is 10.2. The van der Waals surface area contributed by atoms with Crippen molar-refractivity contribution in [3.05, 3.63) is 74.6 Å². The first kappa shape index (κ1) is 15.3. The highest BCUT2D eigenvalue weighted by molar-refractivity contribution is 9.10. The molecule has 2 aromatic carbocycles. The van der Waals surface area contributed by atoms with Crippen molar-refractivity contribution in [2.24, 2.45) is 4.99 Å². The highest BCUT2D eigenvalue weighted by Crippen LogP contribution is 2.24. The van der Waals surface area contributed by atoms with E-state index in [-0.39, 0.29) is 11.3 Å². The molecule has 23 heavy (non-hydrogen) atoms. The molecule has 3 rings (SSSR count). The van der Waals surface area contributed by atoms with Gasteiger partial charge in [-0.3, -0.25) is 14.9 Å². The van der Waals surface area contributed by atoms with E-state index in [1.807, 2.05) is 31.2 Å². The Morgan fingerprint density at radius 2 is 1.87 bits per heavy atom. The van der Waals surface area contributed by atoms with Gasteiger partial charge in [-0.15, -0.1) is 0 Å². The van der Waals surface area contributed by atoms with E-state index >= 15 is 0 Å². The quantitative estimate of drug-likeness (QED) is 0.689. The zero-order chi connectivity index (χ0) is 16.4. The minimum Gasteiger partial charge on any atom is -0.506 e. The van der Waals surface area contributed by atoms with Crippen molar-refractivity contribution in [2.45, 2.75) is 6.92 Å². The van der Waals surface area contributed by atoms with Crippen molar-refractivity contribution < 1.29 is 5.11 Å². The Bertz CT molecular complexity index is 924. The molecule has 0 aliphatic heterocycles. The summed E-state index contributed by atoms with van der Waals surface area (Å²) in [7, 11) is 0. The van der Waals surface area contributed by atoms with Gasteiger partial charge < -0.3 is 5.11 Å². The standard InChI is InChI=1S/C17H14BrN3O2/c1-11-14(10-19-15-4-2-3-5-16(15)22)17(23)21(20-11)13-8-6-12(18)7-9-13/h2-10,20,22H,1H3. The van der Waals surface area contributed by atoms with E-state index in [1.54, 1.807) is 24.3 Å². The maximum absolute atomic E-state index is 12.5. The summed E-state index contributed by atoms with van der Waals surface area (Å²) in [5.74, 6) is 0.0742. The van der Waals surface area contributed by atoms with Gasteiger partial charge in [0, 0.05) is 16.4 Å². The average Bonchev–Trinajstić information content (AvgIpc) is 2.82. The van der Waals surface area contributed by atoms with Crippen molar-refractivity contribution in [1.29, 1.82) is 0 Å². The van der Waals surface area contributed by atoms with Gasteiger partial charge in [0.1, 0.15) is 11.4 Å². The molecule has 2 N–H and O–H groups in total. The minimum atomic E-state index is -0.191. The molecule has 0 saturated carbocycles. The van der Waals surface area contributed by atoms with Crippen LogP contribution < -0.4 is 5.56 Å². The van der Waals surface area contributed by atoms with Crippen LogP contribution in [-0.2, 0) is 0 Å². The van der Waals surface area contributed by atoms with E-state index in [1.165, 1.54) is 10.9 Å². The molecule has 6 heteroatoms. The lowest BCUT2D eigenvalue weighted by molar-refractivity contribution is 0.477. The highest BCUT2D eigenvalue weighted by atomic mass is 79.9. The minimum absolute atomic E-state index is 0.0742. The summed E-state index contributed by atoms with van der Waals surface area (Å²) in [5.41, 5.74) is 2.13. The van der Waals surface area contributed by atoms with Crippen molar-refractivity contribution in [2.75, 3.05) is 0 Å². The smallest absolute Gasteiger partial charge is 0.280 e. The maximum Gasteiger partial charge on any atom is 0.280 e. The molecule has 116 valence electrons. The normalized spacial score (nSPS) is 11.2. The molecule has 0 atom stereocenters. The Labute approximate surface area is 141 Å². The summed E-state index contributed by atoms with van der Waals surface area (Å²) >= 11 is 3.37. The van der Waals surface area contributed by atoms with Crippen LogP contribution in [0.1, 0.15) is 11.3 Å². The number of halogens is 1.